The Morgan fingerprint density at radius 1 is 1.21 bits per heavy atom. The van der Waals surface area contributed by atoms with Crippen LogP contribution in [0.25, 0.3) is 0 Å². The number of aromatic nitrogens is 2. The quantitative estimate of drug-likeness (QED) is 0.491. The number of anilines is 1. The highest BCUT2D eigenvalue weighted by atomic mass is 32.2. The van der Waals surface area contributed by atoms with Crippen molar-refractivity contribution < 1.29 is 23.8 Å². The van der Waals surface area contributed by atoms with E-state index in [0.29, 0.717) is 47.3 Å². The first kappa shape index (κ1) is 21.3. The number of ether oxygens (including phenoxy) is 3. The van der Waals surface area contributed by atoms with E-state index in [4.69, 9.17) is 14.2 Å². The van der Waals surface area contributed by atoms with Gasteiger partial charge in [0, 0.05) is 13.1 Å². The molecule has 0 unspecified atom stereocenters. The maximum Gasteiger partial charge on any atom is 0.233 e. The number of nitrogens with one attached hydrogen (secondary N) is 1. The van der Waals surface area contributed by atoms with Gasteiger partial charge in [-0.15, -0.1) is 10.2 Å². The van der Waals surface area contributed by atoms with Crippen LogP contribution in [0.3, 0.4) is 0 Å². The third kappa shape index (κ3) is 6.05. The number of carbonyl (C=O) groups is 2. The number of benzene rings is 1. The van der Waals surface area contributed by atoms with E-state index < -0.39 is 0 Å². The Balaban J connectivity index is 1.49. The number of nitrogens with zero attached hydrogens (tertiary/aromatic N) is 3. The topological polar surface area (TPSA) is 103 Å². The number of morpholine rings is 1. The largest absolute Gasteiger partial charge is 0.493 e. The highest BCUT2D eigenvalue weighted by Crippen LogP contribution is 2.28. The summed E-state index contributed by atoms with van der Waals surface area (Å²) in [6, 6.07) is 5.32. The molecule has 0 spiro atoms. The molecular formula is C18H22N4O5S2. The van der Waals surface area contributed by atoms with Crippen LogP contribution in [-0.4, -0.2) is 73.2 Å². The van der Waals surface area contributed by atoms with Gasteiger partial charge in [-0.1, -0.05) is 29.2 Å². The fourth-order valence-electron chi connectivity index (χ4n) is 2.69. The van der Waals surface area contributed by atoms with Crippen LogP contribution in [0, 0.1) is 0 Å². The third-order valence-corrected chi connectivity index (χ3v) is 6.11. The van der Waals surface area contributed by atoms with Crippen molar-refractivity contribution in [3.05, 3.63) is 23.8 Å². The van der Waals surface area contributed by atoms with E-state index in [0.717, 1.165) is 5.56 Å². The summed E-state index contributed by atoms with van der Waals surface area (Å²) in [6.07, 6.45) is 0.165. The van der Waals surface area contributed by atoms with E-state index in [1.54, 1.807) is 37.3 Å². The summed E-state index contributed by atoms with van der Waals surface area (Å²) in [5.41, 5.74) is 0.787. The Bertz CT molecular complexity index is 855. The van der Waals surface area contributed by atoms with Crippen molar-refractivity contribution in [3.8, 4) is 11.5 Å². The van der Waals surface area contributed by atoms with Gasteiger partial charge in [0.05, 0.1) is 39.6 Å². The van der Waals surface area contributed by atoms with Crippen molar-refractivity contribution in [2.45, 2.75) is 10.8 Å². The molecule has 0 saturated carbocycles. The van der Waals surface area contributed by atoms with Crippen LogP contribution in [0.2, 0.25) is 0 Å². The molecule has 0 aliphatic carbocycles. The number of carbonyl (C=O) groups excluding carboxylic acids is 2. The lowest BCUT2D eigenvalue weighted by molar-refractivity contribution is -0.132. The first-order valence-corrected chi connectivity index (χ1v) is 10.7. The normalized spacial score (nSPS) is 13.8. The molecule has 2 amide bonds. The van der Waals surface area contributed by atoms with Crippen LogP contribution in [0.1, 0.15) is 5.56 Å². The molecule has 0 bridgehead atoms. The molecule has 1 aromatic heterocycles. The summed E-state index contributed by atoms with van der Waals surface area (Å²) < 4.78 is 16.3. The van der Waals surface area contributed by atoms with Gasteiger partial charge in [0.15, 0.2) is 15.8 Å². The van der Waals surface area contributed by atoms with Gasteiger partial charge in [-0.05, 0) is 17.7 Å². The molecule has 1 aliphatic heterocycles. The van der Waals surface area contributed by atoms with Gasteiger partial charge >= 0.3 is 0 Å². The monoisotopic (exact) mass is 438 g/mol. The Labute approximate surface area is 176 Å². The van der Waals surface area contributed by atoms with Crippen LogP contribution in [0.4, 0.5) is 5.13 Å². The number of methoxy groups -OCH3 is 2. The number of thioether (sulfide) groups is 1. The average molecular weight is 439 g/mol. The van der Waals surface area contributed by atoms with E-state index in [-0.39, 0.29) is 24.0 Å². The lowest BCUT2D eigenvalue weighted by Gasteiger charge is -2.26. The second-order valence-electron chi connectivity index (χ2n) is 6.07. The number of hydrogen-bond acceptors (Lipinski definition) is 9. The molecule has 0 radical (unpaired) electrons. The lowest BCUT2D eigenvalue weighted by Crippen LogP contribution is -2.41. The maximum atomic E-state index is 12.3. The first-order chi connectivity index (χ1) is 14.1. The van der Waals surface area contributed by atoms with Crippen molar-refractivity contribution in [1.82, 2.24) is 15.1 Å². The molecule has 1 N–H and O–H groups in total. The summed E-state index contributed by atoms with van der Waals surface area (Å²) in [5, 5.41) is 11.1. The Hall–Kier alpha value is -2.37. The molecule has 1 fully saturated rings. The minimum absolute atomic E-state index is 0.0486. The summed E-state index contributed by atoms with van der Waals surface area (Å²) in [4.78, 5) is 26.2. The third-order valence-electron chi connectivity index (χ3n) is 4.15. The fourth-order valence-corrected chi connectivity index (χ4v) is 4.36. The van der Waals surface area contributed by atoms with E-state index in [1.165, 1.54) is 23.1 Å². The first-order valence-electron chi connectivity index (χ1n) is 8.91. The molecule has 3 rings (SSSR count). The van der Waals surface area contributed by atoms with Gasteiger partial charge in [0.25, 0.3) is 0 Å². The standard InChI is InChI=1S/C18H22N4O5S2/c1-25-13-4-3-12(9-14(13)26-2)10-15(23)19-17-20-21-18(29-17)28-11-16(24)22-5-7-27-8-6-22/h3-4,9H,5-8,10-11H2,1-2H3,(H,19,20,23). The number of hydrogen-bond donors (Lipinski definition) is 1. The van der Waals surface area contributed by atoms with E-state index in [9.17, 15) is 9.59 Å². The van der Waals surface area contributed by atoms with Crippen molar-refractivity contribution in [1.29, 1.82) is 0 Å². The summed E-state index contributed by atoms with van der Waals surface area (Å²) >= 11 is 2.56. The predicted molar refractivity (Wildman–Crippen MR) is 110 cm³/mol. The van der Waals surface area contributed by atoms with Gasteiger partial charge < -0.3 is 24.4 Å². The van der Waals surface area contributed by atoms with E-state index in [2.05, 4.69) is 15.5 Å². The Morgan fingerprint density at radius 3 is 2.69 bits per heavy atom. The van der Waals surface area contributed by atoms with Gasteiger partial charge in [0.2, 0.25) is 16.9 Å². The zero-order chi connectivity index (χ0) is 20.6. The molecule has 29 heavy (non-hydrogen) atoms. The van der Waals surface area contributed by atoms with E-state index in [1.807, 2.05) is 0 Å². The van der Waals surface area contributed by atoms with Crippen LogP contribution < -0.4 is 14.8 Å². The molecule has 2 aromatic rings. The Morgan fingerprint density at radius 2 is 1.97 bits per heavy atom. The second-order valence-corrected chi connectivity index (χ2v) is 8.27. The lowest BCUT2D eigenvalue weighted by atomic mass is 10.1. The summed E-state index contributed by atoms with van der Waals surface area (Å²) in [6.45, 7) is 2.39. The van der Waals surface area contributed by atoms with Crippen molar-refractivity contribution >= 4 is 40.0 Å². The fraction of sp³-hybridized carbons (Fsp3) is 0.444. The molecule has 1 saturated heterocycles. The molecule has 1 aliphatic rings. The predicted octanol–water partition coefficient (Wildman–Crippen LogP) is 1.69. The zero-order valence-corrected chi connectivity index (χ0v) is 17.8. The molecule has 2 heterocycles. The van der Waals surface area contributed by atoms with Gasteiger partial charge in [0.1, 0.15) is 0 Å². The smallest absolute Gasteiger partial charge is 0.233 e. The second kappa shape index (κ2) is 10.4. The molecular weight excluding hydrogens is 416 g/mol. The van der Waals surface area contributed by atoms with E-state index >= 15 is 0 Å². The van der Waals surface area contributed by atoms with Crippen LogP contribution in [0.15, 0.2) is 22.5 Å². The highest BCUT2D eigenvalue weighted by Gasteiger charge is 2.18. The van der Waals surface area contributed by atoms with Crippen LogP contribution in [0.5, 0.6) is 11.5 Å². The maximum absolute atomic E-state index is 12.3. The SMILES string of the molecule is COc1ccc(CC(=O)Nc2nnc(SCC(=O)N3CCOCC3)s2)cc1OC. The zero-order valence-electron chi connectivity index (χ0n) is 16.2. The van der Waals surface area contributed by atoms with Crippen LogP contribution >= 0.6 is 23.1 Å². The minimum atomic E-state index is -0.214. The Kier molecular flexibility index (Phi) is 7.67. The molecule has 0 atom stereocenters. The van der Waals surface area contributed by atoms with Gasteiger partial charge in [-0.2, -0.15) is 0 Å². The highest BCUT2D eigenvalue weighted by molar-refractivity contribution is 8.01. The van der Waals surface area contributed by atoms with Crippen LogP contribution in [-0.2, 0) is 20.7 Å². The number of rotatable bonds is 8. The minimum Gasteiger partial charge on any atom is -0.493 e. The van der Waals surface area contributed by atoms with Crippen molar-refractivity contribution in [3.63, 3.8) is 0 Å². The average Bonchev–Trinajstić information content (AvgIpc) is 3.19. The van der Waals surface area contributed by atoms with Gasteiger partial charge in [-0.3, -0.25) is 9.59 Å². The van der Waals surface area contributed by atoms with Gasteiger partial charge in [-0.25, -0.2) is 0 Å². The van der Waals surface area contributed by atoms with Crippen molar-refractivity contribution in [2.24, 2.45) is 0 Å². The molecule has 1 aromatic carbocycles. The van der Waals surface area contributed by atoms with Crippen molar-refractivity contribution in [2.75, 3.05) is 51.6 Å². The summed E-state index contributed by atoms with van der Waals surface area (Å²) in [7, 11) is 3.11. The molecule has 11 heteroatoms. The molecule has 9 nitrogen and oxygen atoms in total. The number of amides is 2. The molecule has 156 valence electrons. The summed E-state index contributed by atoms with van der Waals surface area (Å²) in [5.74, 6) is 1.29.